The molecule has 0 rings (SSSR count). The summed E-state index contributed by atoms with van der Waals surface area (Å²) in [5, 5.41) is 23.1. The lowest BCUT2D eigenvalue weighted by molar-refractivity contribution is -0.123. The zero-order valence-electron chi connectivity index (χ0n) is 44.1. The maximum absolute atomic E-state index is 12.4. The Labute approximate surface area is 403 Å². The number of hydrogen-bond donors (Lipinski definition) is 3. The van der Waals surface area contributed by atoms with Crippen LogP contribution in [0.2, 0.25) is 0 Å². The molecule has 0 aliphatic rings. The number of aliphatic hydroxyl groups excluding tert-OH is 2. The molecule has 0 radical (unpaired) electrons. The summed E-state index contributed by atoms with van der Waals surface area (Å²) < 4.78 is 0. The summed E-state index contributed by atoms with van der Waals surface area (Å²) in [7, 11) is 0. The Kier molecular flexibility index (Phi) is 55.7. The Morgan fingerprint density at radius 2 is 0.578 bits per heavy atom. The van der Waals surface area contributed by atoms with Crippen molar-refractivity contribution >= 4 is 5.91 Å². The van der Waals surface area contributed by atoms with Gasteiger partial charge in [0.1, 0.15) is 0 Å². The summed E-state index contributed by atoms with van der Waals surface area (Å²) >= 11 is 0. The second-order valence-corrected chi connectivity index (χ2v) is 20.8. The maximum atomic E-state index is 12.4. The molecule has 0 heterocycles. The first-order valence-electron chi connectivity index (χ1n) is 29.9. The highest BCUT2D eigenvalue weighted by atomic mass is 16.3. The number of aliphatic hydroxyl groups is 2. The van der Waals surface area contributed by atoms with Crippen molar-refractivity contribution in [2.45, 2.75) is 360 Å². The van der Waals surface area contributed by atoms with Crippen molar-refractivity contribution in [3.63, 3.8) is 0 Å². The molecule has 3 N–H and O–H groups in total. The van der Waals surface area contributed by atoms with E-state index in [0.717, 1.165) is 25.7 Å². The molecule has 0 aliphatic heterocycles. The van der Waals surface area contributed by atoms with Crippen LogP contribution in [0.1, 0.15) is 348 Å². The number of hydrogen-bond acceptors (Lipinski definition) is 3. The highest BCUT2D eigenvalue weighted by molar-refractivity contribution is 5.76. The third kappa shape index (κ3) is 52.1. The highest BCUT2D eigenvalue weighted by Crippen LogP contribution is 2.18. The Hall–Kier alpha value is -0.870. The minimum absolute atomic E-state index is 0.0570. The zero-order chi connectivity index (χ0) is 46.3. The molecule has 1 amide bonds. The fraction of sp³-hybridized carbons (Fsp3) is 0.950. The third-order valence-corrected chi connectivity index (χ3v) is 14.3. The van der Waals surface area contributed by atoms with Crippen LogP contribution in [0, 0.1) is 0 Å². The van der Waals surface area contributed by atoms with Gasteiger partial charge < -0.3 is 15.5 Å². The van der Waals surface area contributed by atoms with Gasteiger partial charge in [0, 0.05) is 6.42 Å². The molecule has 2 unspecified atom stereocenters. The number of allylic oxidation sites excluding steroid dienone is 1. The fourth-order valence-electron chi connectivity index (χ4n) is 9.71. The molecule has 0 aromatic carbocycles. The summed E-state index contributed by atoms with van der Waals surface area (Å²) in [6, 6.07) is -0.617. The van der Waals surface area contributed by atoms with Crippen molar-refractivity contribution in [3.05, 3.63) is 12.2 Å². The first kappa shape index (κ1) is 63.1. The number of amides is 1. The summed E-state index contributed by atoms with van der Waals surface area (Å²) in [5.74, 6) is -0.0570. The van der Waals surface area contributed by atoms with Gasteiger partial charge in [0.2, 0.25) is 5.91 Å². The van der Waals surface area contributed by atoms with E-state index in [0.29, 0.717) is 6.42 Å². The lowest BCUT2D eigenvalue weighted by atomic mass is 10.0. The maximum Gasteiger partial charge on any atom is 0.220 e. The van der Waals surface area contributed by atoms with E-state index >= 15 is 0 Å². The molecule has 2 atom stereocenters. The van der Waals surface area contributed by atoms with Gasteiger partial charge in [-0.1, -0.05) is 334 Å². The van der Waals surface area contributed by atoms with E-state index in [-0.39, 0.29) is 12.5 Å². The van der Waals surface area contributed by atoms with Crippen LogP contribution in [-0.4, -0.2) is 34.9 Å². The normalized spacial score (nSPS) is 12.8. The van der Waals surface area contributed by atoms with Gasteiger partial charge in [-0.3, -0.25) is 4.79 Å². The van der Waals surface area contributed by atoms with Crippen LogP contribution in [0.4, 0.5) is 0 Å². The van der Waals surface area contributed by atoms with Crippen molar-refractivity contribution in [1.82, 2.24) is 5.32 Å². The van der Waals surface area contributed by atoms with Gasteiger partial charge in [0.05, 0.1) is 18.8 Å². The quantitative estimate of drug-likeness (QED) is 0.0421. The van der Waals surface area contributed by atoms with Crippen LogP contribution in [0.15, 0.2) is 12.2 Å². The monoisotopic (exact) mass is 902 g/mol. The minimum Gasteiger partial charge on any atom is -0.394 e. The number of nitrogens with one attached hydrogen (secondary N) is 1. The average molecular weight is 903 g/mol. The molecule has 0 saturated heterocycles. The molecule has 4 nitrogen and oxygen atoms in total. The molecule has 0 aliphatic carbocycles. The van der Waals surface area contributed by atoms with Gasteiger partial charge in [-0.05, 0) is 19.3 Å². The average Bonchev–Trinajstić information content (AvgIpc) is 3.30. The van der Waals surface area contributed by atoms with Crippen LogP contribution in [0.3, 0.4) is 0 Å². The van der Waals surface area contributed by atoms with E-state index in [4.69, 9.17) is 0 Å². The topological polar surface area (TPSA) is 69.6 Å². The number of unbranched alkanes of at least 4 members (excludes halogenated alkanes) is 49. The molecule has 0 spiro atoms. The third-order valence-electron chi connectivity index (χ3n) is 14.3. The molecule has 0 fully saturated rings. The van der Waals surface area contributed by atoms with Gasteiger partial charge in [-0.15, -0.1) is 0 Å². The molecule has 382 valence electrons. The smallest absolute Gasteiger partial charge is 0.220 e. The standard InChI is InChI=1S/C60H119NO3/c1-3-5-7-9-11-13-15-17-18-19-20-21-22-23-24-25-26-27-28-29-30-31-32-33-34-35-36-37-38-39-40-41-42-44-46-48-50-52-54-56-60(64)61-58(57-62)59(63)55-53-51-49-47-45-43-16-14-12-10-8-6-4-2/h53,55,58-59,62-63H,3-52,54,56-57H2,1-2H3,(H,61,64)/b55-53+. The molecular weight excluding hydrogens is 783 g/mol. The largest absolute Gasteiger partial charge is 0.394 e. The van der Waals surface area contributed by atoms with Gasteiger partial charge in [-0.25, -0.2) is 0 Å². The summed E-state index contributed by atoms with van der Waals surface area (Å²) in [6.45, 7) is 4.34. The number of carbonyl (C=O) groups is 1. The second-order valence-electron chi connectivity index (χ2n) is 20.8. The second kappa shape index (κ2) is 56.5. The van der Waals surface area contributed by atoms with Crippen LogP contribution in [0.5, 0.6) is 0 Å². The lowest BCUT2D eigenvalue weighted by Gasteiger charge is -2.20. The zero-order valence-corrected chi connectivity index (χ0v) is 44.1. The van der Waals surface area contributed by atoms with E-state index in [1.165, 1.54) is 302 Å². The summed E-state index contributed by atoms with van der Waals surface area (Å²) in [6.07, 6.45) is 74.1. The Morgan fingerprint density at radius 1 is 0.359 bits per heavy atom. The van der Waals surface area contributed by atoms with Crippen LogP contribution >= 0.6 is 0 Å². The summed E-state index contributed by atoms with van der Waals surface area (Å²) in [4.78, 5) is 12.4. The first-order valence-corrected chi connectivity index (χ1v) is 29.9. The predicted molar refractivity (Wildman–Crippen MR) is 286 cm³/mol. The van der Waals surface area contributed by atoms with Gasteiger partial charge in [-0.2, -0.15) is 0 Å². The fourth-order valence-corrected chi connectivity index (χ4v) is 9.71. The molecular formula is C60H119NO3. The molecule has 0 bridgehead atoms. The van der Waals surface area contributed by atoms with Crippen LogP contribution in [-0.2, 0) is 4.79 Å². The Bertz CT molecular complexity index is 890. The molecule has 64 heavy (non-hydrogen) atoms. The van der Waals surface area contributed by atoms with E-state index < -0.39 is 12.1 Å². The molecule has 0 aromatic heterocycles. The van der Waals surface area contributed by atoms with Crippen molar-refractivity contribution < 1.29 is 15.0 Å². The molecule has 0 aromatic rings. The molecule has 0 saturated carbocycles. The first-order chi connectivity index (χ1) is 31.7. The van der Waals surface area contributed by atoms with Crippen molar-refractivity contribution in [1.29, 1.82) is 0 Å². The lowest BCUT2D eigenvalue weighted by Crippen LogP contribution is -2.45. The van der Waals surface area contributed by atoms with Crippen LogP contribution in [0.25, 0.3) is 0 Å². The number of carbonyl (C=O) groups excluding carboxylic acids is 1. The van der Waals surface area contributed by atoms with E-state index in [2.05, 4.69) is 19.2 Å². The van der Waals surface area contributed by atoms with E-state index in [1.54, 1.807) is 6.08 Å². The Balaban J connectivity index is 3.33. The highest BCUT2D eigenvalue weighted by Gasteiger charge is 2.18. The van der Waals surface area contributed by atoms with Crippen molar-refractivity contribution in [3.8, 4) is 0 Å². The van der Waals surface area contributed by atoms with Gasteiger partial charge in [0.15, 0.2) is 0 Å². The molecule has 4 heteroatoms. The van der Waals surface area contributed by atoms with E-state index in [1.807, 2.05) is 6.08 Å². The SMILES string of the molecule is CCCCCCCCCCCCC/C=C/C(O)C(CO)NC(=O)CCCCCCCCCCCCCCCCCCCCCCCCCCCCCCCCCCCCCCCCC. The predicted octanol–water partition coefficient (Wildman–Crippen LogP) is 19.7. The minimum atomic E-state index is -0.834. The Morgan fingerprint density at radius 3 is 0.812 bits per heavy atom. The van der Waals surface area contributed by atoms with Crippen molar-refractivity contribution in [2.24, 2.45) is 0 Å². The summed E-state index contributed by atoms with van der Waals surface area (Å²) in [5.41, 5.74) is 0. The number of rotatable bonds is 56. The van der Waals surface area contributed by atoms with Crippen LogP contribution < -0.4 is 5.32 Å². The van der Waals surface area contributed by atoms with Crippen molar-refractivity contribution in [2.75, 3.05) is 6.61 Å². The van der Waals surface area contributed by atoms with Gasteiger partial charge in [0.25, 0.3) is 0 Å². The van der Waals surface area contributed by atoms with E-state index in [9.17, 15) is 15.0 Å². The van der Waals surface area contributed by atoms with Gasteiger partial charge >= 0.3 is 0 Å².